The van der Waals surface area contributed by atoms with E-state index in [9.17, 15) is 9.59 Å². The molecular weight excluding hydrogens is 222 g/mol. The molecule has 1 rings (SSSR count). The maximum atomic E-state index is 11.6. The molecule has 1 aromatic heterocycles. The number of nitrogens with one attached hydrogen (secondary N) is 1. The monoisotopic (exact) mass is 239 g/mol. The average molecular weight is 239 g/mol. The van der Waals surface area contributed by atoms with Gasteiger partial charge in [0, 0.05) is 11.7 Å². The second-order valence-corrected chi connectivity index (χ2v) is 4.52. The van der Waals surface area contributed by atoms with E-state index >= 15 is 0 Å². The lowest BCUT2D eigenvalue weighted by Gasteiger charge is -2.24. The van der Waals surface area contributed by atoms with Crippen LogP contribution < -0.4 is 5.32 Å². The van der Waals surface area contributed by atoms with Gasteiger partial charge in [0.05, 0.1) is 11.8 Å². The Labute approximate surface area is 99.6 Å². The van der Waals surface area contributed by atoms with Crippen LogP contribution in [0, 0.1) is 0 Å². The van der Waals surface area contributed by atoms with Gasteiger partial charge in [-0.2, -0.15) is 5.10 Å². The van der Waals surface area contributed by atoms with Gasteiger partial charge in [0.2, 0.25) is 5.91 Å². The van der Waals surface area contributed by atoms with Crippen molar-refractivity contribution >= 4 is 11.9 Å². The molecule has 0 saturated carbocycles. The number of carbonyl (C=O) groups is 2. The van der Waals surface area contributed by atoms with Crippen LogP contribution in [-0.4, -0.2) is 32.3 Å². The smallest absolute Gasteiger partial charge is 0.338 e. The van der Waals surface area contributed by atoms with Crippen molar-refractivity contribution in [3.8, 4) is 0 Å². The summed E-state index contributed by atoms with van der Waals surface area (Å²) >= 11 is 0. The van der Waals surface area contributed by atoms with Crippen LogP contribution in [0.5, 0.6) is 0 Å². The normalized spacial score (nSPS) is 11.2. The van der Waals surface area contributed by atoms with E-state index in [1.165, 1.54) is 17.1 Å². The highest BCUT2D eigenvalue weighted by molar-refractivity contribution is 5.87. The minimum Gasteiger partial charge on any atom is -0.478 e. The van der Waals surface area contributed by atoms with Gasteiger partial charge in [0.15, 0.2) is 0 Å². The first kappa shape index (κ1) is 13.2. The number of hydrogen-bond donors (Lipinski definition) is 2. The minimum absolute atomic E-state index is 0.0245. The summed E-state index contributed by atoms with van der Waals surface area (Å²) in [7, 11) is 0. The number of carboxylic acid groups (broad SMARTS) is 1. The summed E-state index contributed by atoms with van der Waals surface area (Å²) < 4.78 is 1.31. The highest BCUT2D eigenvalue weighted by Crippen LogP contribution is 2.06. The van der Waals surface area contributed by atoms with Crippen LogP contribution in [-0.2, 0) is 11.3 Å². The second kappa shape index (κ2) is 4.99. The third kappa shape index (κ3) is 3.90. The van der Waals surface area contributed by atoms with E-state index in [0.29, 0.717) is 0 Å². The zero-order valence-corrected chi connectivity index (χ0v) is 10.2. The lowest BCUT2D eigenvalue weighted by molar-refractivity contribution is -0.123. The zero-order chi connectivity index (χ0) is 13.1. The molecule has 0 aromatic carbocycles. The van der Waals surface area contributed by atoms with Crippen molar-refractivity contribution in [2.45, 2.75) is 39.3 Å². The third-order valence-electron chi connectivity index (χ3n) is 2.55. The van der Waals surface area contributed by atoms with Gasteiger partial charge in [-0.05, 0) is 20.3 Å². The lowest BCUT2D eigenvalue weighted by atomic mass is 10.0. The number of carboxylic acids is 1. The highest BCUT2D eigenvalue weighted by atomic mass is 16.4. The van der Waals surface area contributed by atoms with Crippen molar-refractivity contribution in [1.82, 2.24) is 15.1 Å². The summed E-state index contributed by atoms with van der Waals surface area (Å²) in [6.45, 7) is 5.86. The Kier molecular flexibility index (Phi) is 3.88. The van der Waals surface area contributed by atoms with Gasteiger partial charge in [-0.25, -0.2) is 4.79 Å². The predicted octanol–water partition coefficient (Wildman–Crippen LogP) is 0.886. The Morgan fingerprint density at radius 2 is 2.18 bits per heavy atom. The van der Waals surface area contributed by atoms with Crippen LogP contribution >= 0.6 is 0 Å². The van der Waals surface area contributed by atoms with Crippen LogP contribution in [0.4, 0.5) is 0 Å². The molecule has 0 fully saturated rings. The molecule has 0 spiro atoms. The predicted molar refractivity (Wildman–Crippen MR) is 61.7 cm³/mol. The first-order valence-corrected chi connectivity index (χ1v) is 5.41. The molecule has 0 aliphatic rings. The maximum absolute atomic E-state index is 11.6. The van der Waals surface area contributed by atoms with E-state index in [-0.39, 0.29) is 23.6 Å². The van der Waals surface area contributed by atoms with Gasteiger partial charge in [-0.1, -0.05) is 6.92 Å². The van der Waals surface area contributed by atoms with Gasteiger partial charge < -0.3 is 10.4 Å². The fourth-order valence-corrected chi connectivity index (χ4v) is 1.21. The first-order chi connectivity index (χ1) is 7.84. The molecule has 0 aliphatic carbocycles. The molecule has 94 valence electrons. The van der Waals surface area contributed by atoms with Crippen molar-refractivity contribution in [3.05, 3.63) is 18.0 Å². The number of aromatic nitrogens is 2. The van der Waals surface area contributed by atoms with Crippen molar-refractivity contribution < 1.29 is 14.7 Å². The fraction of sp³-hybridized carbons (Fsp3) is 0.545. The maximum Gasteiger partial charge on any atom is 0.338 e. The Hall–Kier alpha value is -1.85. The Morgan fingerprint density at radius 1 is 1.53 bits per heavy atom. The van der Waals surface area contributed by atoms with Crippen molar-refractivity contribution in [2.75, 3.05) is 0 Å². The molecule has 6 nitrogen and oxygen atoms in total. The number of hydrogen-bond acceptors (Lipinski definition) is 3. The summed E-state index contributed by atoms with van der Waals surface area (Å²) in [4.78, 5) is 22.3. The Bertz CT molecular complexity index is 423. The van der Waals surface area contributed by atoms with Crippen LogP contribution in [0.3, 0.4) is 0 Å². The summed E-state index contributed by atoms with van der Waals surface area (Å²) in [5.41, 5.74) is -0.188. The van der Waals surface area contributed by atoms with E-state index in [1.807, 2.05) is 20.8 Å². The zero-order valence-electron chi connectivity index (χ0n) is 10.2. The molecular formula is C11H17N3O3. The van der Waals surface area contributed by atoms with Crippen molar-refractivity contribution in [2.24, 2.45) is 0 Å². The highest BCUT2D eigenvalue weighted by Gasteiger charge is 2.18. The molecule has 0 saturated heterocycles. The van der Waals surface area contributed by atoms with Crippen molar-refractivity contribution in [1.29, 1.82) is 0 Å². The van der Waals surface area contributed by atoms with Gasteiger partial charge in [0.25, 0.3) is 0 Å². The number of amides is 1. The van der Waals surface area contributed by atoms with E-state index in [1.54, 1.807) is 0 Å². The van der Waals surface area contributed by atoms with Crippen LogP contribution in [0.2, 0.25) is 0 Å². The number of carbonyl (C=O) groups excluding carboxylic acids is 1. The molecule has 17 heavy (non-hydrogen) atoms. The summed E-state index contributed by atoms with van der Waals surface area (Å²) in [6.07, 6.45) is 3.37. The largest absolute Gasteiger partial charge is 0.478 e. The van der Waals surface area contributed by atoms with E-state index in [2.05, 4.69) is 10.4 Å². The van der Waals surface area contributed by atoms with Crippen molar-refractivity contribution in [3.63, 3.8) is 0 Å². The molecule has 0 radical (unpaired) electrons. The summed E-state index contributed by atoms with van der Waals surface area (Å²) in [5, 5.41) is 15.4. The number of nitrogens with zero attached hydrogens (tertiary/aromatic N) is 2. The van der Waals surface area contributed by atoms with E-state index < -0.39 is 5.97 Å². The topological polar surface area (TPSA) is 84.2 Å². The summed E-state index contributed by atoms with van der Waals surface area (Å²) in [5.74, 6) is -1.23. The first-order valence-electron chi connectivity index (χ1n) is 5.41. The summed E-state index contributed by atoms with van der Waals surface area (Å²) in [6, 6.07) is 0. The van der Waals surface area contributed by atoms with Gasteiger partial charge in [-0.3, -0.25) is 9.48 Å². The molecule has 1 aromatic rings. The quantitative estimate of drug-likeness (QED) is 0.799. The molecule has 2 N–H and O–H groups in total. The minimum atomic E-state index is -1.05. The van der Waals surface area contributed by atoms with E-state index in [0.717, 1.165) is 6.42 Å². The van der Waals surface area contributed by atoms with Gasteiger partial charge in [-0.15, -0.1) is 0 Å². The standard InChI is InChI=1S/C11H17N3O3/c1-4-11(2,3)13-9(15)7-14-6-8(5-12-14)10(16)17/h5-6H,4,7H2,1-3H3,(H,13,15)(H,16,17). The Balaban J connectivity index is 2.59. The van der Waals surface area contributed by atoms with Crippen LogP contribution in [0.15, 0.2) is 12.4 Å². The molecule has 1 amide bonds. The molecule has 6 heteroatoms. The number of rotatable bonds is 5. The fourth-order valence-electron chi connectivity index (χ4n) is 1.21. The van der Waals surface area contributed by atoms with Crippen LogP contribution in [0.1, 0.15) is 37.6 Å². The molecule has 0 atom stereocenters. The van der Waals surface area contributed by atoms with Crippen LogP contribution in [0.25, 0.3) is 0 Å². The molecule has 1 heterocycles. The number of aromatic carboxylic acids is 1. The second-order valence-electron chi connectivity index (χ2n) is 4.52. The Morgan fingerprint density at radius 3 is 2.65 bits per heavy atom. The van der Waals surface area contributed by atoms with E-state index in [4.69, 9.17) is 5.11 Å². The average Bonchev–Trinajstić information content (AvgIpc) is 2.65. The van der Waals surface area contributed by atoms with Gasteiger partial charge in [0.1, 0.15) is 6.54 Å². The lowest BCUT2D eigenvalue weighted by Crippen LogP contribution is -2.44. The molecule has 0 unspecified atom stereocenters. The molecule has 0 bridgehead atoms. The third-order valence-corrected chi connectivity index (χ3v) is 2.55. The SMILES string of the molecule is CCC(C)(C)NC(=O)Cn1cc(C(=O)O)cn1. The molecule has 0 aliphatic heterocycles. The van der Waals surface area contributed by atoms with Gasteiger partial charge >= 0.3 is 5.97 Å².